The molecule has 0 amide bonds. The number of hydrogen-bond acceptors (Lipinski definition) is 4. The van der Waals surface area contributed by atoms with Gasteiger partial charge in [-0.1, -0.05) is 49.4 Å². The molecule has 27 heavy (non-hydrogen) atoms. The second kappa shape index (κ2) is 7.23. The van der Waals surface area contributed by atoms with Gasteiger partial charge in [0.05, 0.1) is 11.1 Å². The number of aliphatic hydroxyl groups is 1. The number of nitrogens with one attached hydrogen (secondary N) is 1. The Balaban J connectivity index is 1.69. The molecule has 1 aliphatic heterocycles. The van der Waals surface area contributed by atoms with E-state index in [1.54, 1.807) is 0 Å². The van der Waals surface area contributed by atoms with Crippen LogP contribution in [0, 0.1) is 12.8 Å². The van der Waals surface area contributed by atoms with E-state index in [4.69, 9.17) is 21.3 Å². The molecule has 2 heterocycles. The maximum Gasteiger partial charge on any atom is 0.151 e. The SMILES string of the molecule is Cc1cc(Cl)c2ccc3c(c2n1)OC(C)(C)C(O)C3NCCC1CCCC1. The van der Waals surface area contributed by atoms with Crippen LogP contribution in [0.2, 0.25) is 5.02 Å². The number of aryl methyl sites for hydroxylation is 1. The minimum atomic E-state index is -0.704. The second-order valence-electron chi connectivity index (χ2n) is 8.65. The number of hydrogen-bond donors (Lipinski definition) is 2. The summed E-state index contributed by atoms with van der Waals surface area (Å²) in [5, 5.41) is 16.2. The number of pyridine rings is 1. The number of ether oxygens (including phenoxy) is 1. The molecule has 2 N–H and O–H groups in total. The molecular formula is C22H29ClN2O2. The Bertz CT molecular complexity index is 846. The molecule has 1 saturated carbocycles. The summed E-state index contributed by atoms with van der Waals surface area (Å²) in [6, 6.07) is 5.71. The van der Waals surface area contributed by atoms with E-state index < -0.39 is 11.7 Å². The third kappa shape index (κ3) is 3.55. The average Bonchev–Trinajstić information content (AvgIpc) is 3.11. The van der Waals surface area contributed by atoms with E-state index in [-0.39, 0.29) is 6.04 Å². The lowest BCUT2D eigenvalue weighted by Crippen LogP contribution is -2.52. The highest BCUT2D eigenvalue weighted by Crippen LogP contribution is 2.44. The highest BCUT2D eigenvalue weighted by Gasteiger charge is 2.43. The standard InChI is InChI=1S/C22H29ClN2O2/c1-13-12-17(23)15-8-9-16-19(24-11-10-14-6-4-5-7-14)21(26)22(2,3)27-20(16)18(15)25-13/h8-9,12,14,19,21,24,26H,4-7,10-11H2,1-3H3. The van der Waals surface area contributed by atoms with Crippen LogP contribution < -0.4 is 10.1 Å². The van der Waals surface area contributed by atoms with Crippen molar-refractivity contribution < 1.29 is 9.84 Å². The molecule has 4 nitrogen and oxygen atoms in total. The van der Waals surface area contributed by atoms with E-state index in [2.05, 4.69) is 5.32 Å². The van der Waals surface area contributed by atoms with Crippen molar-refractivity contribution in [2.75, 3.05) is 6.54 Å². The molecule has 1 aliphatic carbocycles. The summed E-state index contributed by atoms with van der Waals surface area (Å²) in [6.07, 6.45) is 5.93. The third-order valence-corrected chi connectivity index (χ3v) is 6.48. The van der Waals surface area contributed by atoms with E-state index in [1.165, 1.54) is 25.7 Å². The summed E-state index contributed by atoms with van der Waals surface area (Å²) in [7, 11) is 0. The van der Waals surface area contributed by atoms with Crippen LogP contribution in [0.15, 0.2) is 18.2 Å². The fourth-order valence-corrected chi connectivity index (χ4v) is 4.88. The molecular weight excluding hydrogens is 360 g/mol. The molecule has 5 heteroatoms. The Morgan fingerprint density at radius 1 is 1.30 bits per heavy atom. The first-order valence-corrected chi connectivity index (χ1v) is 10.4. The molecule has 0 spiro atoms. The Hall–Kier alpha value is -1.36. The first-order valence-electron chi connectivity index (χ1n) is 10.1. The van der Waals surface area contributed by atoms with E-state index in [1.807, 2.05) is 39.0 Å². The van der Waals surface area contributed by atoms with Gasteiger partial charge in [-0.3, -0.25) is 0 Å². The number of rotatable bonds is 4. The van der Waals surface area contributed by atoms with Crippen molar-refractivity contribution in [1.29, 1.82) is 0 Å². The number of aliphatic hydroxyl groups excluding tert-OH is 1. The number of halogens is 1. The Morgan fingerprint density at radius 3 is 2.78 bits per heavy atom. The summed E-state index contributed by atoms with van der Waals surface area (Å²) in [5.41, 5.74) is 1.90. The van der Waals surface area contributed by atoms with Crippen LogP contribution in [0.1, 0.15) is 63.3 Å². The van der Waals surface area contributed by atoms with Crippen molar-refractivity contribution in [2.24, 2.45) is 5.92 Å². The quantitative estimate of drug-likeness (QED) is 0.778. The highest BCUT2D eigenvalue weighted by molar-refractivity contribution is 6.35. The fraction of sp³-hybridized carbons (Fsp3) is 0.591. The predicted molar refractivity (Wildman–Crippen MR) is 110 cm³/mol. The van der Waals surface area contributed by atoms with Gasteiger partial charge >= 0.3 is 0 Å². The smallest absolute Gasteiger partial charge is 0.151 e. The zero-order valence-electron chi connectivity index (χ0n) is 16.4. The summed E-state index contributed by atoms with van der Waals surface area (Å²) in [4.78, 5) is 4.70. The third-order valence-electron chi connectivity index (χ3n) is 6.16. The van der Waals surface area contributed by atoms with Crippen molar-refractivity contribution in [3.05, 3.63) is 34.5 Å². The van der Waals surface area contributed by atoms with Crippen LogP contribution >= 0.6 is 11.6 Å². The lowest BCUT2D eigenvalue weighted by atomic mass is 9.85. The normalized spacial score (nSPS) is 24.8. The van der Waals surface area contributed by atoms with Crippen LogP contribution in [-0.2, 0) is 0 Å². The summed E-state index contributed by atoms with van der Waals surface area (Å²) >= 11 is 6.44. The number of fused-ring (bicyclic) bond motifs is 3. The largest absolute Gasteiger partial charge is 0.482 e. The molecule has 2 aromatic rings. The van der Waals surface area contributed by atoms with Crippen molar-refractivity contribution in [3.63, 3.8) is 0 Å². The van der Waals surface area contributed by atoms with Gasteiger partial charge in [0.1, 0.15) is 17.2 Å². The van der Waals surface area contributed by atoms with Crippen molar-refractivity contribution >= 4 is 22.5 Å². The number of nitrogens with zero attached hydrogens (tertiary/aromatic N) is 1. The van der Waals surface area contributed by atoms with Gasteiger partial charge in [-0.05, 0) is 45.7 Å². The van der Waals surface area contributed by atoms with Gasteiger partial charge in [0.15, 0.2) is 5.75 Å². The van der Waals surface area contributed by atoms with E-state index >= 15 is 0 Å². The van der Waals surface area contributed by atoms with Gasteiger partial charge < -0.3 is 15.2 Å². The first kappa shape index (κ1) is 19.0. The summed E-state index contributed by atoms with van der Waals surface area (Å²) in [6.45, 7) is 6.71. The lowest BCUT2D eigenvalue weighted by molar-refractivity contribution is -0.0637. The van der Waals surface area contributed by atoms with Gasteiger partial charge in [-0.25, -0.2) is 4.98 Å². The Kier molecular flexibility index (Phi) is 5.08. The van der Waals surface area contributed by atoms with Crippen LogP contribution in [0.3, 0.4) is 0 Å². The molecule has 146 valence electrons. The molecule has 0 saturated heterocycles. The number of benzene rings is 1. The maximum atomic E-state index is 11.0. The van der Waals surface area contributed by atoms with Crippen LogP contribution in [0.5, 0.6) is 5.75 Å². The molecule has 2 unspecified atom stereocenters. The van der Waals surface area contributed by atoms with Crippen LogP contribution in [-0.4, -0.2) is 28.3 Å². The van der Waals surface area contributed by atoms with Crippen molar-refractivity contribution in [3.8, 4) is 5.75 Å². The maximum absolute atomic E-state index is 11.0. The molecule has 0 radical (unpaired) electrons. The zero-order valence-corrected chi connectivity index (χ0v) is 17.1. The number of aromatic nitrogens is 1. The van der Waals surface area contributed by atoms with Gasteiger partial charge in [0.25, 0.3) is 0 Å². The van der Waals surface area contributed by atoms with E-state index in [9.17, 15) is 5.11 Å². The van der Waals surface area contributed by atoms with Crippen molar-refractivity contribution in [1.82, 2.24) is 10.3 Å². The molecule has 0 bridgehead atoms. The summed E-state index contributed by atoms with van der Waals surface area (Å²) < 4.78 is 6.25. The fourth-order valence-electron chi connectivity index (χ4n) is 4.57. The highest BCUT2D eigenvalue weighted by atomic mass is 35.5. The van der Waals surface area contributed by atoms with Gasteiger partial charge in [-0.2, -0.15) is 0 Å². The Labute approximate surface area is 166 Å². The van der Waals surface area contributed by atoms with Crippen molar-refractivity contribution in [2.45, 2.75) is 70.6 Å². The van der Waals surface area contributed by atoms with Gasteiger partial charge in [0, 0.05) is 16.6 Å². The van der Waals surface area contributed by atoms with Gasteiger partial charge in [-0.15, -0.1) is 0 Å². The molecule has 2 atom stereocenters. The monoisotopic (exact) mass is 388 g/mol. The molecule has 2 aliphatic rings. The molecule has 4 rings (SSSR count). The first-order chi connectivity index (χ1) is 12.9. The van der Waals surface area contributed by atoms with E-state index in [0.29, 0.717) is 5.02 Å². The van der Waals surface area contributed by atoms with Crippen LogP contribution in [0.25, 0.3) is 10.9 Å². The van der Waals surface area contributed by atoms with Gasteiger partial charge in [0.2, 0.25) is 0 Å². The summed E-state index contributed by atoms with van der Waals surface area (Å²) in [5.74, 6) is 1.56. The lowest BCUT2D eigenvalue weighted by Gasteiger charge is -2.42. The molecule has 1 fully saturated rings. The molecule has 1 aromatic heterocycles. The zero-order chi connectivity index (χ0) is 19.2. The van der Waals surface area contributed by atoms with E-state index in [0.717, 1.165) is 46.8 Å². The molecule has 1 aromatic carbocycles. The second-order valence-corrected chi connectivity index (χ2v) is 9.05. The van der Waals surface area contributed by atoms with Crippen LogP contribution in [0.4, 0.5) is 0 Å². The Morgan fingerprint density at radius 2 is 2.04 bits per heavy atom. The average molecular weight is 389 g/mol. The minimum Gasteiger partial charge on any atom is -0.482 e. The minimum absolute atomic E-state index is 0.171. The predicted octanol–water partition coefficient (Wildman–Crippen LogP) is 4.94. The topological polar surface area (TPSA) is 54.4 Å².